The second-order valence-electron chi connectivity index (χ2n) is 6.45. The van der Waals surface area contributed by atoms with E-state index in [0.29, 0.717) is 24.5 Å². The summed E-state index contributed by atoms with van der Waals surface area (Å²) in [6.07, 6.45) is 2.22. The first kappa shape index (κ1) is 19.6. The standard InChI is InChI=1S/C19H21BrClN5O/c1-12-17(20)11-25(23-12)9-8-18(27)22-19-13(2)24-26(14(19)3)10-15-4-6-16(21)7-5-15/h4-7,11H,8-10H2,1-3H3,(H,22,27). The second-order valence-corrected chi connectivity index (χ2v) is 7.74. The van der Waals surface area contributed by atoms with Gasteiger partial charge in [-0.15, -0.1) is 0 Å². The second kappa shape index (κ2) is 8.27. The van der Waals surface area contributed by atoms with Gasteiger partial charge in [-0.1, -0.05) is 23.7 Å². The molecular formula is C19H21BrClN5O. The van der Waals surface area contributed by atoms with Crippen LogP contribution in [0.1, 0.15) is 29.1 Å². The Hall–Kier alpha value is -2.12. The first-order chi connectivity index (χ1) is 12.8. The molecule has 6 nitrogen and oxygen atoms in total. The van der Waals surface area contributed by atoms with Crippen molar-refractivity contribution in [2.75, 3.05) is 5.32 Å². The summed E-state index contributed by atoms with van der Waals surface area (Å²) in [7, 11) is 0. The van der Waals surface area contributed by atoms with Crippen LogP contribution in [0.25, 0.3) is 0 Å². The third-order valence-corrected chi connectivity index (χ3v) is 5.38. The zero-order valence-corrected chi connectivity index (χ0v) is 17.8. The number of nitrogens with one attached hydrogen (secondary N) is 1. The molecule has 0 radical (unpaired) electrons. The van der Waals surface area contributed by atoms with Crippen LogP contribution in [0, 0.1) is 20.8 Å². The van der Waals surface area contributed by atoms with Crippen molar-refractivity contribution in [3.8, 4) is 0 Å². The highest BCUT2D eigenvalue weighted by Crippen LogP contribution is 2.21. The number of nitrogens with zero attached hydrogens (tertiary/aromatic N) is 4. The Kier molecular flexibility index (Phi) is 6.01. The Balaban J connectivity index is 1.65. The highest BCUT2D eigenvalue weighted by atomic mass is 79.9. The molecule has 1 N–H and O–H groups in total. The molecule has 0 aliphatic heterocycles. The van der Waals surface area contributed by atoms with Gasteiger partial charge >= 0.3 is 0 Å². The van der Waals surface area contributed by atoms with E-state index in [1.807, 2.05) is 55.9 Å². The molecule has 0 fully saturated rings. The Morgan fingerprint density at radius 2 is 1.85 bits per heavy atom. The molecule has 0 unspecified atom stereocenters. The lowest BCUT2D eigenvalue weighted by Gasteiger charge is -2.08. The summed E-state index contributed by atoms with van der Waals surface area (Å²) >= 11 is 9.37. The minimum atomic E-state index is -0.0588. The number of hydrogen-bond acceptors (Lipinski definition) is 3. The fraction of sp³-hybridized carbons (Fsp3) is 0.316. The molecule has 0 saturated heterocycles. The van der Waals surface area contributed by atoms with Crippen LogP contribution in [0.5, 0.6) is 0 Å². The smallest absolute Gasteiger partial charge is 0.226 e. The lowest BCUT2D eigenvalue weighted by Crippen LogP contribution is -2.16. The van der Waals surface area contributed by atoms with E-state index in [9.17, 15) is 4.79 Å². The van der Waals surface area contributed by atoms with Crippen LogP contribution in [-0.2, 0) is 17.9 Å². The van der Waals surface area contributed by atoms with E-state index in [1.165, 1.54) is 0 Å². The molecule has 1 aromatic carbocycles. The highest BCUT2D eigenvalue weighted by molar-refractivity contribution is 9.10. The van der Waals surface area contributed by atoms with Crippen LogP contribution < -0.4 is 5.32 Å². The fourth-order valence-corrected chi connectivity index (χ4v) is 3.26. The van der Waals surface area contributed by atoms with E-state index >= 15 is 0 Å². The number of hydrogen-bond donors (Lipinski definition) is 1. The van der Waals surface area contributed by atoms with Crippen molar-refractivity contribution in [1.82, 2.24) is 19.6 Å². The summed E-state index contributed by atoms with van der Waals surface area (Å²) < 4.78 is 4.60. The minimum absolute atomic E-state index is 0.0588. The third-order valence-electron chi connectivity index (χ3n) is 4.35. The van der Waals surface area contributed by atoms with Crippen LogP contribution in [0.15, 0.2) is 34.9 Å². The molecule has 142 valence electrons. The first-order valence-corrected chi connectivity index (χ1v) is 9.78. The molecule has 0 aliphatic rings. The topological polar surface area (TPSA) is 64.7 Å². The summed E-state index contributed by atoms with van der Waals surface area (Å²) in [6.45, 7) is 6.92. The maximum absolute atomic E-state index is 12.4. The molecule has 2 aromatic heterocycles. The van der Waals surface area contributed by atoms with E-state index in [0.717, 1.165) is 32.8 Å². The van der Waals surface area contributed by atoms with Gasteiger partial charge in [-0.05, 0) is 54.4 Å². The average Bonchev–Trinajstić information content (AvgIpc) is 3.08. The zero-order chi connectivity index (χ0) is 19.6. The van der Waals surface area contributed by atoms with E-state index < -0.39 is 0 Å². The number of benzene rings is 1. The molecule has 1 amide bonds. The summed E-state index contributed by atoms with van der Waals surface area (Å²) in [6, 6.07) is 7.67. The molecule has 8 heteroatoms. The summed E-state index contributed by atoms with van der Waals surface area (Å²) in [4.78, 5) is 12.4. The Labute approximate surface area is 171 Å². The van der Waals surface area contributed by atoms with E-state index in [1.54, 1.807) is 4.68 Å². The number of rotatable bonds is 6. The predicted molar refractivity (Wildman–Crippen MR) is 110 cm³/mol. The van der Waals surface area contributed by atoms with Gasteiger partial charge in [-0.2, -0.15) is 10.2 Å². The van der Waals surface area contributed by atoms with Crippen molar-refractivity contribution >= 4 is 39.1 Å². The fourth-order valence-electron chi connectivity index (χ4n) is 2.82. The number of amides is 1. The maximum atomic E-state index is 12.4. The van der Waals surface area contributed by atoms with E-state index in [4.69, 9.17) is 11.6 Å². The Bertz CT molecular complexity index is 942. The molecule has 0 aliphatic carbocycles. The summed E-state index contributed by atoms with van der Waals surface area (Å²) in [5, 5.41) is 12.6. The quantitative estimate of drug-likeness (QED) is 0.601. The van der Waals surface area contributed by atoms with Crippen LogP contribution in [0.4, 0.5) is 5.69 Å². The van der Waals surface area contributed by atoms with Crippen LogP contribution in [-0.4, -0.2) is 25.5 Å². The van der Waals surface area contributed by atoms with E-state index in [-0.39, 0.29) is 5.91 Å². The number of anilines is 1. The van der Waals surface area contributed by atoms with Crippen LogP contribution in [0.2, 0.25) is 5.02 Å². The number of aryl methyl sites for hydroxylation is 3. The molecule has 0 atom stereocenters. The predicted octanol–water partition coefficient (Wildman–Crippen LogP) is 4.50. The van der Waals surface area contributed by atoms with Crippen molar-refractivity contribution in [2.24, 2.45) is 0 Å². The van der Waals surface area contributed by atoms with E-state index in [2.05, 4.69) is 31.4 Å². The minimum Gasteiger partial charge on any atom is -0.323 e. The highest BCUT2D eigenvalue weighted by Gasteiger charge is 2.15. The normalized spacial score (nSPS) is 11.0. The number of carbonyl (C=O) groups excluding carboxylic acids is 1. The lowest BCUT2D eigenvalue weighted by atomic mass is 10.2. The van der Waals surface area contributed by atoms with Gasteiger partial charge in [0, 0.05) is 24.2 Å². The Morgan fingerprint density at radius 1 is 1.15 bits per heavy atom. The molecule has 2 heterocycles. The molecule has 0 spiro atoms. The van der Waals surface area contributed by atoms with Gasteiger partial charge in [0.15, 0.2) is 0 Å². The molecule has 0 saturated carbocycles. The third kappa shape index (κ3) is 4.78. The van der Waals surface area contributed by atoms with Gasteiger partial charge in [0.05, 0.1) is 33.8 Å². The molecule has 3 rings (SSSR count). The van der Waals surface area contributed by atoms with Gasteiger partial charge in [0.2, 0.25) is 5.91 Å². The average molecular weight is 451 g/mol. The van der Waals surface area contributed by atoms with Gasteiger partial charge < -0.3 is 5.32 Å². The first-order valence-electron chi connectivity index (χ1n) is 8.61. The summed E-state index contributed by atoms with van der Waals surface area (Å²) in [5.74, 6) is -0.0588. The van der Waals surface area contributed by atoms with Gasteiger partial charge in [0.1, 0.15) is 0 Å². The lowest BCUT2D eigenvalue weighted by molar-refractivity contribution is -0.116. The van der Waals surface area contributed by atoms with Crippen molar-refractivity contribution < 1.29 is 4.79 Å². The number of halogens is 2. The van der Waals surface area contributed by atoms with Crippen molar-refractivity contribution in [1.29, 1.82) is 0 Å². The van der Waals surface area contributed by atoms with Gasteiger partial charge in [0.25, 0.3) is 0 Å². The van der Waals surface area contributed by atoms with Crippen molar-refractivity contribution in [3.05, 3.63) is 62.6 Å². The van der Waals surface area contributed by atoms with Crippen molar-refractivity contribution in [3.63, 3.8) is 0 Å². The Morgan fingerprint density at radius 3 is 2.48 bits per heavy atom. The molecule has 27 heavy (non-hydrogen) atoms. The molecular weight excluding hydrogens is 430 g/mol. The SMILES string of the molecule is Cc1nn(CCC(=O)Nc2c(C)nn(Cc3ccc(Cl)cc3)c2C)cc1Br. The van der Waals surface area contributed by atoms with Crippen LogP contribution >= 0.6 is 27.5 Å². The zero-order valence-electron chi connectivity index (χ0n) is 15.5. The molecule has 3 aromatic rings. The molecule has 0 bridgehead atoms. The van der Waals surface area contributed by atoms with Gasteiger partial charge in [-0.25, -0.2) is 0 Å². The monoisotopic (exact) mass is 449 g/mol. The number of carbonyl (C=O) groups is 1. The van der Waals surface area contributed by atoms with Crippen LogP contribution in [0.3, 0.4) is 0 Å². The summed E-state index contributed by atoms with van der Waals surface area (Å²) in [5.41, 5.74) is 4.50. The van der Waals surface area contributed by atoms with Gasteiger partial charge in [-0.3, -0.25) is 14.2 Å². The largest absolute Gasteiger partial charge is 0.323 e. The maximum Gasteiger partial charge on any atom is 0.226 e. The van der Waals surface area contributed by atoms with Crippen molar-refractivity contribution in [2.45, 2.75) is 40.3 Å². The number of aromatic nitrogens is 4.